The van der Waals surface area contributed by atoms with Crippen molar-refractivity contribution in [2.45, 2.75) is 265 Å². The van der Waals surface area contributed by atoms with Gasteiger partial charge < -0.3 is 13.7 Å². The van der Waals surface area contributed by atoms with E-state index in [4.69, 9.17) is 0 Å². The van der Waals surface area contributed by atoms with Gasteiger partial charge in [-0.05, 0) is 278 Å². The Balaban J connectivity index is 0.000000180. The minimum absolute atomic E-state index is 0.999. The summed E-state index contributed by atoms with van der Waals surface area (Å²) < 4.78 is 7.58. The topological polar surface area (TPSA) is 14.8 Å². The average molecular weight is 1750 g/mol. The minimum Gasteiger partial charge on any atom is -0.309 e. The molecule has 0 amide bonds. The first-order valence-corrected chi connectivity index (χ1v) is 51.8. The van der Waals surface area contributed by atoms with Crippen LogP contribution in [0, 0.1) is 0 Å². The van der Waals surface area contributed by atoms with Crippen LogP contribution in [-0.4, -0.2) is 13.7 Å². The first-order chi connectivity index (χ1) is 65.5. The quantitative estimate of drug-likeness (QED) is 0.144. The van der Waals surface area contributed by atoms with Crippen LogP contribution < -0.4 is 0 Å². The lowest BCUT2D eigenvalue weighted by molar-refractivity contribution is 1.04. The highest BCUT2D eigenvalue weighted by atomic mass is 15.0. The number of para-hydroxylation sites is 6. The lowest BCUT2D eigenvalue weighted by Gasteiger charge is -2.22. The molecular weight excluding hydrogens is 1590 g/mol. The third kappa shape index (κ3) is 17.7. The fraction of sp³-hybridized carbons (Fsp3) is 0.302. The predicted octanol–water partition coefficient (Wildman–Crippen LogP) is 38.9. The summed E-state index contributed by atoms with van der Waals surface area (Å²) in [5.74, 6) is 0. The van der Waals surface area contributed by atoms with Gasteiger partial charge in [-0.15, -0.1) is 0 Å². The summed E-state index contributed by atoms with van der Waals surface area (Å²) in [4.78, 5) is 0. The number of benzene rings is 15. The first-order valence-electron chi connectivity index (χ1n) is 51.8. The highest BCUT2D eigenvalue weighted by molar-refractivity contribution is 6.14. The maximum atomic E-state index is 2.53. The summed E-state index contributed by atoms with van der Waals surface area (Å²) in [6.45, 7) is 60.0. The average Bonchev–Trinajstić information content (AvgIpc) is 1.55. The van der Waals surface area contributed by atoms with E-state index in [1.165, 1.54) is 249 Å². The molecule has 15 aromatic carbocycles. The maximum absolute atomic E-state index is 2.53. The lowest BCUT2D eigenvalue weighted by atomic mass is 9.92. The standard InChI is InChI=1S/3C33H21N.15C2H6/c1-2-8-25-19(6-1)12-21-16-29-22(15-28(21)25)14-23-18-32-24(17-30(23)29)13-20-7-5-10-27-26-9-3-4-11-31(26)34(32)33(20)27;1-2-8-25-19(6-1)12-21-14-22-15-23-17-32-24(16-28(23)30(22)18-29(21)25)13-20-7-5-10-27-26-9-3-4-11-31(26)34(32)33(20)27;1-2-8-24-19(6-1)14-20-12-13-25-28-17-23-15-21-7-5-10-27-26-9-3-4-11-30(26)34(33(21)27)31(23)18-22(28)16-29(25)32(20)24;15*1-2/h1-11,15-18H,12-14H2;1-11,14,16-18H,12-13,15H2;1-13,17-18H,14-16H2;15*1-2H3. The maximum Gasteiger partial charge on any atom is 0.0576 e. The Morgan fingerprint density at radius 3 is 0.750 bits per heavy atom. The molecule has 3 aromatic heterocycles. The second-order valence-electron chi connectivity index (χ2n) is 30.4. The van der Waals surface area contributed by atoms with E-state index in [1.54, 1.807) is 0 Å². The Morgan fingerprint density at radius 1 is 0.144 bits per heavy atom. The third-order valence-electron chi connectivity index (χ3n) is 25.2. The van der Waals surface area contributed by atoms with Crippen LogP contribution in [0.4, 0.5) is 0 Å². The molecular formula is C129H153N3. The van der Waals surface area contributed by atoms with Crippen molar-refractivity contribution < 1.29 is 0 Å². The van der Waals surface area contributed by atoms with E-state index in [1.807, 2.05) is 208 Å². The molecule has 0 N–H and O–H groups in total. The van der Waals surface area contributed by atoms with Crippen LogP contribution >= 0.6 is 0 Å². The van der Waals surface area contributed by atoms with Crippen molar-refractivity contribution >= 4 is 65.4 Å². The second kappa shape index (κ2) is 47.7. The Hall–Kier alpha value is -12.3. The van der Waals surface area contributed by atoms with Crippen LogP contribution in [0.2, 0.25) is 0 Å². The zero-order valence-corrected chi connectivity index (χ0v) is 86.2. The van der Waals surface area contributed by atoms with Crippen LogP contribution in [0.1, 0.15) is 308 Å². The van der Waals surface area contributed by atoms with Crippen molar-refractivity contribution in [3.05, 3.63) is 373 Å². The van der Waals surface area contributed by atoms with Gasteiger partial charge in [0.1, 0.15) is 0 Å². The summed E-state index contributed by atoms with van der Waals surface area (Å²) in [7, 11) is 0. The molecule has 0 saturated carbocycles. The zero-order valence-electron chi connectivity index (χ0n) is 86.2. The molecule has 0 atom stereocenters. The van der Waals surface area contributed by atoms with Gasteiger partial charge >= 0.3 is 0 Å². The zero-order chi connectivity index (χ0) is 95.9. The highest BCUT2D eigenvalue weighted by Gasteiger charge is 2.35. The Labute approximate surface area is 796 Å². The van der Waals surface area contributed by atoms with Crippen LogP contribution in [0.15, 0.2) is 273 Å². The van der Waals surface area contributed by atoms with Crippen LogP contribution in [-0.2, 0) is 57.8 Å². The Morgan fingerprint density at radius 2 is 0.379 bits per heavy atom. The Bertz CT molecular complexity index is 6950. The molecule has 6 heterocycles. The summed E-state index contributed by atoms with van der Waals surface area (Å²) in [6.07, 6.45) is 9.27. The molecule has 3 heteroatoms. The normalized spacial score (nSPS) is 11.6. The minimum atomic E-state index is 0.999. The SMILES string of the molecule is CC.CC.CC.CC.CC.CC.CC.CC.CC.CC.CC.CC.CC.CC.CC.c1ccc2c(c1)Cc1cc3c(cc1-2)-c1cc2c(cc1C3)-n1c3ccccc3c3cccc(c31)C2.c1ccc2c(c1)Cc1cc3c(cc1-2)Cc1cc2c(cc1-3)Cc1cccc3c4ccccc4n-2c13.c1ccc2c(c1)Cc1ccc3c(c1-2)Cc1cc2c(cc1-3)Cc1cccc3c4ccccc4n-2c13. The number of nitrogens with zero attached hydrogens (tertiary/aromatic N) is 3. The van der Waals surface area contributed by atoms with Gasteiger partial charge in [0.25, 0.3) is 0 Å². The molecule has 0 fully saturated rings. The van der Waals surface area contributed by atoms with Gasteiger partial charge in [0.05, 0.1) is 50.2 Å². The molecule has 0 saturated heterocycles. The smallest absolute Gasteiger partial charge is 0.0576 e. The van der Waals surface area contributed by atoms with Crippen LogP contribution in [0.3, 0.4) is 0 Å². The van der Waals surface area contributed by atoms with Crippen molar-refractivity contribution in [1.82, 2.24) is 13.7 Å². The molecule has 0 unspecified atom stereocenters. The molecule has 18 aromatic rings. The number of aromatic nitrogens is 3. The van der Waals surface area contributed by atoms with E-state index in [2.05, 4.69) is 287 Å². The van der Waals surface area contributed by atoms with Crippen LogP contribution in [0.5, 0.6) is 0 Å². The highest BCUT2D eigenvalue weighted by Crippen LogP contribution is 2.54. The Kier molecular flexibility index (Phi) is 36.8. The van der Waals surface area contributed by atoms with Crippen LogP contribution in [0.25, 0.3) is 149 Å². The van der Waals surface area contributed by atoms with Gasteiger partial charge in [-0.25, -0.2) is 0 Å². The van der Waals surface area contributed by atoms with E-state index in [-0.39, 0.29) is 0 Å². The number of rotatable bonds is 0. The first kappa shape index (κ1) is 102. The third-order valence-corrected chi connectivity index (χ3v) is 25.2. The molecule has 6 aliphatic carbocycles. The molecule has 132 heavy (non-hydrogen) atoms. The van der Waals surface area contributed by atoms with E-state index in [0.717, 1.165) is 57.8 Å². The van der Waals surface area contributed by atoms with Crippen molar-refractivity contribution in [2.24, 2.45) is 0 Å². The van der Waals surface area contributed by atoms with Crippen molar-refractivity contribution in [3.8, 4) is 83.8 Å². The number of fused-ring (bicyclic) bond motifs is 34. The van der Waals surface area contributed by atoms with Crippen molar-refractivity contribution in [3.63, 3.8) is 0 Å². The molecule has 0 bridgehead atoms. The van der Waals surface area contributed by atoms with E-state index in [0.29, 0.717) is 0 Å². The predicted molar refractivity (Wildman–Crippen MR) is 590 cm³/mol. The van der Waals surface area contributed by atoms with Gasteiger partial charge in [0.15, 0.2) is 0 Å². The molecule has 3 aliphatic heterocycles. The largest absolute Gasteiger partial charge is 0.309 e. The second-order valence-corrected chi connectivity index (χ2v) is 30.4. The van der Waals surface area contributed by atoms with Gasteiger partial charge in [-0.1, -0.05) is 408 Å². The summed E-state index contributed by atoms with van der Waals surface area (Å²) in [5.41, 5.74) is 55.9. The van der Waals surface area contributed by atoms with E-state index < -0.39 is 0 Å². The molecule has 0 spiro atoms. The van der Waals surface area contributed by atoms with E-state index >= 15 is 0 Å². The lowest BCUT2D eigenvalue weighted by Crippen LogP contribution is -2.08. The molecule has 0 radical (unpaired) electrons. The van der Waals surface area contributed by atoms with Gasteiger partial charge in [0.2, 0.25) is 0 Å². The molecule has 3 nitrogen and oxygen atoms in total. The van der Waals surface area contributed by atoms with Gasteiger partial charge in [0, 0.05) is 51.6 Å². The summed E-state index contributed by atoms with van der Waals surface area (Å²) in [5, 5.41) is 8.18. The van der Waals surface area contributed by atoms with Gasteiger partial charge in [-0.3, -0.25) is 0 Å². The van der Waals surface area contributed by atoms with Crippen molar-refractivity contribution in [1.29, 1.82) is 0 Å². The fourth-order valence-electron chi connectivity index (χ4n) is 20.9. The number of hydrogen-bond acceptors (Lipinski definition) is 0. The summed E-state index contributed by atoms with van der Waals surface area (Å²) >= 11 is 0. The monoisotopic (exact) mass is 1740 g/mol. The fourth-order valence-corrected chi connectivity index (χ4v) is 20.9. The number of hydrogen-bond donors (Lipinski definition) is 0. The summed E-state index contributed by atoms with van der Waals surface area (Å²) in [6, 6.07) is 104. The van der Waals surface area contributed by atoms with E-state index in [9.17, 15) is 0 Å². The molecule has 684 valence electrons. The molecule has 9 aliphatic rings. The van der Waals surface area contributed by atoms with Crippen molar-refractivity contribution in [2.75, 3.05) is 0 Å². The molecule has 27 rings (SSSR count). The van der Waals surface area contributed by atoms with Gasteiger partial charge in [-0.2, -0.15) is 0 Å².